The van der Waals surface area contributed by atoms with Crippen LogP contribution in [0.25, 0.3) is 0 Å². The van der Waals surface area contributed by atoms with Gasteiger partial charge in [0.1, 0.15) is 5.82 Å². The number of thioether (sulfide) groups is 1. The number of guanidine groups is 1. The Hall–Kier alpha value is -0.500. The summed E-state index contributed by atoms with van der Waals surface area (Å²) in [4.78, 5) is 3.80. The van der Waals surface area contributed by atoms with Gasteiger partial charge in [0.05, 0.1) is 0 Å². The highest BCUT2D eigenvalue weighted by Crippen LogP contribution is 2.16. The van der Waals surface area contributed by atoms with Gasteiger partial charge in [-0.3, -0.25) is 4.99 Å². The zero-order valence-electron chi connectivity index (χ0n) is 9.87. The van der Waals surface area contributed by atoms with Gasteiger partial charge in [-0.05, 0) is 29.5 Å². The van der Waals surface area contributed by atoms with Gasteiger partial charge in [0.25, 0.3) is 0 Å². The first-order valence-corrected chi connectivity index (χ1v) is 6.29. The summed E-state index contributed by atoms with van der Waals surface area (Å²) in [6.07, 6.45) is 1.99. The molecule has 0 bridgehead atoms. The lowest BCUT2D eigenvalue weighted by Gasteiger charge is -2.10. The van der Waals surface area contributed by atoms with Crippen molar-refractivity contribution in [2.75, 3.05) is 13.3 Å². The van der Waals surface area contributed by atoms with E-state index in [1.807, 2.05) is 6.26 Å². The van der Waals surface area contributed by atoms with Gasteiger partial charge in [-0.2, -0.15) is 11.8 Å². The topological polar surface area (TPSA) is 50.4 Å². The highest BCUT2D eigenvalue weighted by atomic mass is 127. The summed E-state index contributed by atoms with van der Waals surface area (Å²) in [5, 5.41) is 2.96. The maximum Gasteiger partial charge on any atom is 0.188 e. The van der Waals surface area contributed by atoms with Crippen molar-refractivity contribution in [3.8, 4) is 0 Å². The molecule has 0 atom stereocenters. The van der Waals surface area contributed by atoms with Gasteiger partial charge >= 0.3 is 0 Å². The molecule has 1 rings (SSSR count). The minimum Gasteiger partial charge on any atom is -0.370 e. The fraction of sp³-hybridized carbons (Fsp3) is 0.364. The van der Waals surface area contributed by atoms with Crippen molar-refractivity contribution in [3.05, 3.63) is 35.1 Å². The average molecular weight is 369 g/mol. The molecule has 0 fully saturated rings. The van der Waals surface area contributed by atoms with E-state index in [4.69, 9.17) is 5.73 Å². The molecule has 0 aliphatic rings. The molecule has 0 aromatic heterocycles. The summed E-state index contributed by atoms with van der Waals surface area (Å²) in [6.45, 7) is 0.569. The van der Waals surface area contributed by atoms with Crippen LogP contribution in [0.1, 0.15) is 11.1 Å². The van der Waals surface area contributed by atoms with E-state index in [9.17, 15) is 4.39 Å². The molecule has 0 spiro atoms. The Labute approximate surface area is 122 Å². The first-order valence-electron chi connectivity index (χ1n) is 4.89. The van der Waals surface area contributed by atoms with Gasteiger partial charge in [-0.1, -0.05) is 6.07 Å². The Kier molecular flexibility index (Phi) is 8.32. The lowest BCUT2D eigenvalue weighted by atomic mass is 10.1. The van der Waals surface area contributed by atoms with E-state index in [2.05, 4.69) is 10.3 Å². The summed E-state index contributed by atoms with van der Waals surface area (Å²) >= 11 is 1.66. The van der Waals surface area contributed by atoms with Crippen LogP contribution in [0, 0.1) is 5.82 Å². The third kappa shape index (κ3) is 5.58. The molecule has 0 saturated carbocycles. The molecule has 1 aromatic carbocycles. The first kappa shape index (κ1) is 16.5. The van der Waals surface area contributed by atoms with Crippen LogP contribution >= 0.6 is 35.7 Å². The van der Waals surface area contributed by atoms with E-state index >= 15 is 0 Å². The Morgan fingerprint density at radius 1 is 1.47 bits per heavy atom. The minimum atomic E-state index is -0.204. The SMILES string of the molecule is CN=C(N)NCc1ccc(F)cc1CSC.I. The molecule has 1 aromatic rings. The molecule has 0 radical (unpaired) electrons. The molecular formula is C11H17FIN3S. The van der Waals surface area contributed by atoms with E-state index in [1.165, 1.54) is 6.07 Å². The molecule has 96 valence electrons. The van der Waals surface area contributed by atoms with Crippen molar-refractivity contribution in [1.82, 2.24) is 5.32 Å². The minimum absolute atomic E-state index is 0. The zero-order chi connectivity index (χ0) is 12.0. The fourth-order valence-electron chi connectivity index (χ4n) is 1.32. The van der Waals surface area contributed by atoms with E-state index in [1.54, 1.807) is 30.9 Å². The molecule has 0 heterocycles. The number of aliphatic imine (C=N–C) groups is 1. The molecule has 0 aliphatic heterocycles. The molecule has 3 N–H and O–H groups in total. The summed E-state index contributed by atoms with van der Waals surface area (Å²) in [7, 11) is 1.62. The predicted octanol–water partition coefficient (Wildman–Crippen LogP) is 2.34. The Balaban J connectivity index is 0.00000256. The van der Waals surface area contributed by atoms with Crippen molar-refractivity contribution in [2.24, 2.45) is 10.7 Å². The number of nitrogens with zero attached hydrogens (tertiary/aromatic N) is 1. The number of benzene rings is 1. The van der Waals surface area contributed by atoms with Crippen LogP contribution in [0.2, 0.25) is 0 Å². The second-order valence-electron chi connectivity index (χ2n) is 3.31. The third-order valence-corrected chi connectivity index (χ3v) is 2.77. The molecular weight excluding hydrogens is 352 g/mol. The highest BCUT2D eigenvalue weighted by molar-refractivity contribution is 14.0. The van der Waals surface area contributed by atoms with Gasteiger partial charge in [-0.25, -0.2) is 4.39 Å². The van der Waals surface area contributed by atoms with Crippen LogP contribution < -0.4 is 11.1 Å². The molecule has 17 heavy (non-hydrogen) atoms. The van der Waals surface area contributed by atoms with Crippen molar-refractivity contribution in [2.45, 2.75) is 12.3 Å². The largest absolute Gasteiger partial charge is 0.370 e. The van der Waals surface area contributed by atoms with Crippen molar-refractivity contribution < 1.29 is 4.39 Å². The number of rotatable bonds is 4. The van der Waals surface area contributed by atoms with Crippen LogP contribution in [0.5, 0.6) is 0 Å². The molecule has 6 heteroatoms. The standard InChI is InChI=1S/C11H16FN3S.HI/c1-14-11(13)15-6-8-3-4-10(12)5-9(8)7-16-2;/h3-5H,6-7H2,1-2H3,(H3,13,14,15);1H. The Bertz CT molecular complexity index is 385. The van der Waals surface area contributed by atoms with Crippen molar-refractivity contribution in [1.29, 1.82) is 0 Å². The maximum absolute atomic E-state index is 13.1. The molecule has 0 aliphatic carbocycles. The molecule has 3 nitrogen and oxygen atoms in total. The number of nitrogens with one attached hydrogen (secondary N) is 1. The van der Waals surface area contributed by atoms with Gasteiger partial charge in [0.2, 0.25) is 0 Å². The Morgan fingerprint density at radius 2 is 2.18 bits per heavy atom. The third-order valence-electron chi connectivity index (χ3n) is 2.17. The van der Waals surface area contributed by atoms with Crippen LogP contribution in [-0.4, -0.2) is 19.3 Å². The predicted molar refractivity (Wildman–Crippen MR) is 83.4 cm³/mol. The summed E-state index contributed by atoms with van der Waals surface area (Å²) in [6, 6.07) is 4.80. The maximum atomic E-state index is 13.1. The van der Waals surface area contributed by atoms with E-state index in [-0.39, 0.29) is 29.8 Å². The summed E-state index contributed by atoms with van der Waals surface area (Å²) in [5.41, 5.74) is 7.57. The molecule has 0 unspecified atom stereocenters. The van der Waals surface area contributed by atoms with Crippen LogP contribution in [0.4, 0.5) is 4.39 Å². The van der Waals surface area contributed by atoms with Gasteiger partial charge < -0.3 is 11.1 Å². The second kappa shape index (κ2) is 8.57. The average Bonchev–Trinajstić information content (AvgIpc) is 2.28. The Morgan fingerprint density at radius 3 is 2.76 bits per heavy atom. The van der Waals surface area contributed by atoms with Gasteiger partial charge in [0.15, 0.2) is 5.96 Å². The van der Waals surface area contributed by atoms with Crippen molar-refractivity contribution in [3.63, 3.8) is 0 Å². The van der Waals surface area contributed by atoms with E-state index in [0.717, 1.165) is 16.9 Å². The smallest absolute Gasteiger partial charge is 0.188 e. The number of nitrogens with two attached hydrogens (primary N) is 1. The van der Waals surface area contributed by atoms with E-state index in [0.29, 0.717) is 12.5 Å². The monoisotopic (exact) mass is 369 g/mol. The van der Waals surface area contributed by atoms with Crippen molar-refractivity contribution >= 4 is 41.7 Å². The molecule has 0 amide bonds. The highest BCUT2D eigenvalue weighted by Gasteiger charge is 2.04. The van der Waals surface area contributed by atoms with Crippen LogP contribution in [-0.2, 0) is 12.3 Å². The molecule has 0 saturated heterocycles. The normalized spacial score (nSPS) is 10.9. The first-order chi connectivity index (χ1) is 7.67. The van der Waals surface area contributed by atoms with Crippen LogP contribution in [0.15, 0.2) is 23.2 Å². The van der Waals surface area contributed by atoms with Crippen LogP contribution in [0.3, 0.4) is 0 Å². The number of halogens is 2. The zero-order valence-corrected chi connectivity index (χ0v) is 13.0. The lowest BCUT2D eigenvalue weighted by Crippen LogP contribution is -2.31. The van der Waals surface area contributed by atoms with Gasteiger partial charge in [0, 0.05) is 19.3 Å². The van der Waals surface area contributed by atoms with E-state index < -0.39 is 0 Å². The lowest BCUT2D eigenvalue weighted by molar-refractivity contribution is 0.625. The second-order valence-corrected chi connectivity index (χ2v) is 4.17. The van der Waals surface area contributed by atoms with Gasteiger partial charge in [-0.15, -0.1) is 24.0 Å². The summed E-state index contributed by atoms with van der Waals surface area (Å²) in [5.74, 6) is 0.974. The number of hydrogen-bond acceptors (Lipinski definition) is 2. The quantitative estimate of drug-likeness (QED) is 0.487. The summed E-state index contributed by atoms with van der Waals surface area (Å²) < 4.78 is 13.1. The fourth-order valence-corrected chi connectivity index (χ4v) is 1.90. The number of hydrogen-bond donors (Lipinski definition) is 2.